The SMILES string of the molecule is N#Cc1cc2c(nc1SCC(=O)N1c3ccccc3CCc3ccccc31)CCC(c1ccccc1)C2. The molecule has 0 spiro atoms. The van der Waals surface area contributed by atoms with Crippen LogP contribution in [0.1, 0.15) is 45.8 Å². The van der Waals surface area contributed by atoms with Gasteiger partial charge in [0.25, 0.3) is 0 Å². The van der Waals surface area contributed by atoms with Crippen LogP contribution in [0.25, 0.3) is 0 Å². The molecule has 5 heteroatoms. The van der Waals surface area contributed by atoms with E-state index in [2.05, 4.69) is 42.5 Å². The van der Waals surface area contributed by atoms with Crippen LogP contribution in [-0.4, -0.2) is 16.6 Å². The summed E-state index contributed by atoms with van der Waals surface area (Å²) in [5.41, 5.74) is 8.36. The van der Waals surface area contributed by atoms with Crippen molar-refractivity contribution in [2.75, 3.05) is 10.7 Å². The van der Waals surface area contributed by atoms with Crippen LogP contribution in [0, 0.1) is 11.3 Å². The maximum Gasteiger partial charge on any atom is 0.241 e. The summed E-state index contributed by atoms with van der Waals surface area (Å²) in [6, 6.07) is 31.2. The number of rotatable bonds is 4. The molecule has 0 N–H and O–H groups in total. The number of aromatic nitrogens is 1. The fraction of sp³-hybridized carbons (Fsp3) is 0.219. The molecular formula is C32H27N3OS. The predicted molar refractivity (Wildman–Crippen MR) is 148 cm³/mol. The van der Waals surface area contributed by atoms with Gasteiger partial charge in [0, 0.05) is 5.69 Å². The average molecular weight is 502 g/mol. The molecule has 1 aliphatic carbocycles. The Morgan fingerprint density at radius 2 is 1.54 bits per heavy atom. The molecule has 182 valence electrons. The average Bonchev–Trinajstić information content (AvgIpc) is 3.12. The standard InChI is InChI=1S/C32H27N3OS/c33-20-27-19-26-18-25(22-8-2-1-3-9-22)16-17-28(26)34-32(27)37-21-31(36)35-29-12-6-4-10-23(29)14-15-24-11-5-7-13-30(24)35/h1-13,19,25H,14-18,21H2. The number of fused-ring (bicyclic) bond motifs is 3. The first kappa shape index (κ1) is 23.5. The quantitative estimate of drug-likeness (QED) is 0.289. The lowest BCUT2D eigenvalue weighted by Gasteiger charge is -2.26. The van der Waals surface area contributed by atoms with E-state index in [1.165, 1.54) is 28.5 Å². The van der Waals surface area contributed by atoms with Gasteiger partial charge in [-0.05, 0) is 78.5 Å². The molecule has 0 radical (unpaired) electrons. The van der Waals surface area contributed by atoms with Crippen LogP contribution in [-0.2, 0) is 30.5 Å². The molecule has 0 fully saturated rings. The Hall–Kier alpha value is -3.88. The maximum atomic E-state index is 13.7. The smallest absolute Gasteiger partial charge is 0.241 e. The van der Waals surface area contributed by atoms with E-state index in [1.807, 2.05) is 53.4 Å². The molecule has 4 nitrogen and oxygen atoms in total. The number of aryl methyl sites for hydroxylation is 3. The number of thioether (sulfide) groups is 1. The van der Waals surface area contributed by atoms with Crippen molar-refractivity contribution in [3.63, 3.8) is 0 Å². The third kappa shape index (κ3) is 4.65. The van der Waals surface area contributed by atoms with E-state index in [9.17, 15) is 10.1 Å². The van der Waals surface area contributed by atoms with Gasteiger partial charge in [-0.1, -0.05) is 78.5 Å². The Morgan fingerprint density at radius 1 is 0.892 bits per heavy atom. The van der Waals surface area contributed by atoms with E-state index in [-0.39, 0.29) is 11.7 Å². The van der Waals surface area contributed by atoms with Crippen LogP contribution >= 0.6 is 11.8 Å². The minimum Gasteiger partial charge on any atom is -0.280 e. The number of nitrogens with zero attached hydrogens (tertiary/aromatic N) is 3. The molecule has 2 aliphatic rings. The molecule has 0 saturated heterocycles. The number of carbonyl (C=O) groups excluding carboxylic acids is 1. The first-order valence-corrected chi connectivity index (χ1v) is 13.8. The van der Waals surface area contributed by atoms with Crippen LogP contribution in [0.2, 0.25) is 0 Å². The topological polar surface area (TPSA) is 57.0 Å². The summed E-state index contributed by atoms with van der Waals surface area (Å²) in [4.78, 5) is 20.5. The molecular weight excluding hydrogens is 474 g/mol. The third-order valence-electron chi connectivity index (χ3n) is 7.45. The first-order valence-electron chi connectivity index (χ1n) is 12.8. The summed E-state index contributed by atoms with van der Waals surface area (Å²) < 4.78 is 0. The first-order chi connectivity index (χ1) is 18.2. The van der Waals surface area contributed by atoms with Crippen LogP contribution in [0.4, 0.5) is 11.4 Å². The second kappa shape index (κ2) is 10.2. The second-order valence-corrected chi connectivity index (χ2v) is 10.6. The van der Waals surface area contributed by atoms with Crippen molar-refractivity contribution >= 4 is 29.0 Å². The van der Waals surface area contributed by atoms with E-state index in [0.717, 1.165) is 54.7 Å². The lowest BCUT2D eigenvalue weighted by molar-refractivity contribution is -0.115. The largest absolute Gasteiger partial charge is 0.280 e. The van der Waals surface area contributed by atoms with Crippen molar-refractivity contribution in [1.82, 2.24) is 4.98 Å². The minimum absolute atomic E-state index is 0.000600. The van der Waals surface area contributed by atoms with E-state index >= 15 is 0 Å². The summed E-state index contributed by atoms with van der Waals surface area (Å²) in [7, 11) is 0. The Bertz CT molecular complexity index is 1460. The molecule has 3 aromatic carbocycles. The van der Waals surface area contributed by atoms with Crippen LogP contribution in [0.3, 0.4) is 0 Å². The van der Waals surface area contributed by atoms with Gasteiger partial charge in [-0.15, -0.1) is 0 Å². The predicted octanol–water partition coefficient (Wildman–Crippen LogP) is 6.78. The van der Waals surface area contributed by atoms with Gasteiger partial charge in [0.05, 0.1) is 22.7 Å². The molecule has 1 aromatic heterocycles. The van der Waals surface area contributed by atoms with E-state index in [4.69, 9.17) is 4.98 Å². The number of anilines is 2. The summed E-state index contributed by atoms with van der Waals surface area (Å²) in [6.45, 7) is 0. The molecule has 4 aromatic rings. The monoisotopic (exact) mass is 501 g/mol. The summed E-state index contributed by atoms with van der Waals surface area (Å²) in [6.07, 6.45) is 4.62. The number of para-hydroxylation sites is 2. The van der Waals surface area contributed by atoms with Gasteiger partial charge in [0.2, 0.25) is 5.91 Å². The molecule has 0 bridgehead atoms. The Morgan fingerprint density at radius 3 is 2.22 bits per heavy atom. The zero-order valence-electron chi connectivity index (χ0n) is 20.6. The Labute approximate surface area is 222 Å². The highest BCUT2D eigenvalue weighted by Crippen LogP contribution is 2.38. The highest BCUT2D eigenvalue weighted by Gasteiger charge is 2.27. The number of benzene rings is 3. The summed E-state index contributed by atoms with van der Waals surface area (Å²) in [5, 5.41) is 10.6. The van der Waals surface area contributed by atoms with Crippen LogP contribution in [0.15, 0.2) is 90.0 Å². The van der Waals surface area contributed by atoms with Gasteiger partial charge in [-0.2, -0.15) is 5.26 Å². The van der Waals surface area contributed by atoms with E-state index in [1.54, 1.807) is 0 Å². The number of carbonyl (C=O) groups is 1. The highest BCUT2D eigenvalue weighted by atomic mass is 32.2. The fourth-order valence-corrected chi connectivity index (χ4v) is 6.41. The molecule has 1 atom stereocenters. The third-order valence-corrected chi connectivity index (χ3v) is 8.43. The normalized spacial score (nSPS) is 16.1. The molecule has 1 amide bonds. The number of hydrogen-bond donors (Lipinski definition) is 0. The van der Waals surface area contributed by atoms with Crippen molar-refractivity contribution in [2.45, 2.75) is 43.0 Å². The van der Waals surface area contributed by atoms with E-state index in [0.29, 0.717) is 16.5 Å². The van der Waals surface area contributed by atoms with Gasteiger partial charge in [-0.25, -0.2) is 4.98 Å². The Kier molecular flexibility index (Phi) is 6.51. The molecule has 6 rings (SSSR count). The molecule has 0 saturated carbocycles. The van der Waals surface area contributed by atoms with Gasteiger partial charge in [0.15, 0.2) is 0 Å². The molecule has 2 heterocycles. The van der Waals surface area contributed by atoms with Crippen molar-refractivity contribution in [3.8, 4) is 6.07 Å². The summed E-state index contributed by atoms with van der Waals surface area (Å²) in [5.74, 6) is 0.667. The van der Waals surface area contributed by atoms with Crippen LogP contribution in [0.5, 0.6) is 0 Å². The maximum absolute atomic E-state index is 13.7. The molecule has 37 heavy (non-hydrogen) atoms. The lowest BCUT2D eigenvalue weighted by atomic mass is 9.82. The lowest BCUT2D eigenvalue weighted by Crippen LogP contribution is -2.28. The number of hydrogen-bond acceptors (Lipinski definition) is 4. The summed E-state index contributed by atoms with van der Waals surface area (Å²) >= 11 is 1.37. The van der Waals surface area contributed by atoms with Crippen molar-refractivity contribution in [1.29, 1.82) is 5.26 Å². The highest BCUT2D eigenvalue weighted by molar-refractivity contribution is 8.00. The van der Waals surface area contributed by atoms with Gasteiger partial charge in [0.1, 0.15) is 11.1 Å². The van der Waals surface area contributed by atoms with Gasteiger partial charge >= 0.3 is 0 Å². The number of amides is 1. The molecule has 1 unspecified atom stereocenters. The second-order valence-electron chi connectivity index (χ2n) is 9.68. The molecule has 1 aliphatic heterocycles. The number of pyridine rings is 1. The minimum atomic E-state index is -0.000600. The van der Waals surface area contributed by atoms with Crippen molar-refractivity contribution in [2.24, 2.45) is 0 Å². The zero-order chi connectivity index (χ0) is 25.2. The Balaban J connectivity index is 1.25. The number of nitriles is 1. The van der Waals surface area contributed by atoms with Gasteiger partial charge < -0.3 is 0 Å². The van der Waals surface area contributed by atoms with Crippen molar-refractivity contribution in [3.05, 3.63) is 118 Å². The fourth-order valence-electron chi connectivity index (χ4n) is 5.59. The van der Waals surface area contributed by atoms with Crippen molar-refractivity contribution < 1.29 is 4.79 Å². The van der Waals surface area contributed by atoms with E-state index < -0.39 is 0 Å². The van der Waals surface area contributed by atoms with Gasteiger partial charge in [-0.3, -0.25) is 9.69 Å². The van der Waals surface area contributed by atoms with Crippen LogP contribution < -0.4 is 4.90 Å². The zero-order valence-corrected chi connectivity index (χ0v) is 21.4.